The molecule has 2 heterocycles. The summed E-state index contributed by atoms with van der Waals surface area (Å²) < 4.78 is 4.82. The van der Waals surface area contributed by atoms with E-state index in [1.165, 1.54) is 12.0 Å². The molecule has 0 radical (unpaired) electrons. The van der Waals surface area contributed by atoms with Crippen LogP contribution in [0, 0.1) is 13.8 Å². The number of thioether (sulfide) groups is 1. The molecular weight excluding hydrogens is 336 g/mol. The van der Waals surface area contributed by atoms with Crippen molar-refractivity contribution in [2.75, 3.05) is 30.9 Å². The van der Waals surface area contributed by atoms with Crippen LogP contribution in [0.4, 0.5) is 5.69 Å². The van der Waals surface area contributed by atoms with Crippen molar-refractivity contribution in [3.8, 4) is 0 Å². The van der Waals surface area contributed by atoms with Crippen molar-refractivity contribution in [1.29, 1.82) is 0 Å². The predicted octanol–water partition coefficient (Wildman–Crippen LogP) is 3.60. The molecular formula is C19H22N2O3S. The van der Waals surface area contributed by atoms with Crippen LogP contribution in [0.1, 0.15) is 38.5 Å². The van der Waals surface area contributed by atoms with Gasteiger partial charge < -0.3 is 14.6 Å². The molecule has 0 atom stereocenters. The van der Waals surface area contributed by atoms with Crippen LogP contribution in [0.5, 0.6) is 0 Å². The van der Waals surface area contributed by atoms with Crippen LogP contribution in [0.2, 0.25) is 0 Å². The van der Waals surface area contributed by atoms with Crippen molar-refractivity contribution in [1.82, 2.24) is 4.98 Å². The van der Waals surface area contributed by atoms with Gasteiger partial charge in [-0.05, 0) is 43.7 Å². The number of nitrogens with zero attached hydrogens (tertiary/aromatic N) is 1. The van der Waals surface area contributed by atoms with Gasteiger partial charge in [0.25, 0.3) is 0 Å². The van der Waals surface area contributed by atoms with E-state index in [0.29, 0.717) is 29.1 Å². The summed E-state index contributed by atoms with van der Waals surface area (Å²) in [7, 11) is 1.35. The summed E-state index contributed by atoms with van der Waals surface area (Å²) in [6, 6.07) is 8.19. The number of aromatic amines is 1. The number of para-hydroxylation sites is 1. The average molecular weight is 358 g/mol. The molecule has 1 aromatic carbocycles. The Balaban J connectivity index is 1.87. The van der Waals surface area contributed by atoms with E-state index < -0.39 is 5.97 Å². The van der Waals surface area contributed by atoms with Crippen molar-refractivity contribution in [3.63, 3.8) is 0 Å². The molecule has 0 spiro atoms. The van der Waals surface area contributed by atoms with E-state index in [-0.39, 0.29) is 5.78 Å². The predicted molar refractivity (Wildman–Crippen MR) is 99.9 cm³/mol. The summed E-state index contributed by atoms with van der Waals surface area (Å²) in [6.07, 6.45) is 1.03. The van der Waals surface area contributed by atoms with Gasteiger partial charge in [0.15, 0.2) is 5.78 Å². The molecule has 1 aliphatic rings. The first-order valence-corrected chi connectivity index (χ1v) is 9.29. The zero-order valence-electron chi connectivity index (χ0n) is 14.7. The number of fused-ring (bicyclic) bond motifs is 1. The van der Waals surface area contributed by atoms with Gasteiger partial charge in [-0.3, -0.25) is 4.79 Å². The van der Waals surface area contributed by atoms with Crippen molar-refractivity contribution >= 4 is 29.2 Å². The van der Waals surface area contributed by atoms with Crippen molar-refractivity contribution in [3.05, 3.63) is 46.8 Å². The smallest absolute Gasteiger partial charge is 0.339 e. The van der Waals surface area contributed by atoms with Gasteiger partial charge in [0.1, 0.15) is 0 Å². The van der Waals surface area contributed by atoms with Gasteiger partial charge in [-0.25, -0.2) is 4.79 Å². The molecule has 0 unspecified atom stereocenters. The Hall–Kier alpha value is -2.21. The molecule has 0 fully saturated rings. The molecule has 132 valence electrons. The van der Waals surface area contributed by atoms with E-state index in [1.54, 1.807) is 13.8 Å². The minimum atomic E-state index is -0.415. The zero-order valence-corrected chi connectivity index (χ0v) is 15.5. The number of methoxy groups -OCH3 is 1. The van der Waals surface area contributed by atoms with Crippen LogP contribution in [-0.4, -0.2) is 42.7 Å². The van der Waals surface area contributed by atoms with Crippen LogP contribution in [0.3, 0.4) is 0 Å². The highest BCUT2D eigenvalue weighted by Gasteiger charge is 2.25. The number of carbonyl (C=O) groups excluding carboxylic acids is 2. The molecule has 0 saturated heterocycles. The molecule has 6 heteroatoms. The summed E-state index contributed by atoms with van der Waals surface area (Å²) >= 11 is 1.83. The van der Waals surface area contributed by atoms with Gasteiger partial charge in [-0.15, -0.1) is 11.8 Å². The summed E-state index contributed by atoms with van der Waals surface area (Å²) in [5, 5.41) is 0. The number of nitrogens with one attached hydrogen (secondary N) is 1. The first kappa shape index (κ1) is 17.6. The Morgan fingerprint density at radius 3 is 2.80 bits per heavy atom. The summed E-state index contributed by atoms with van der Waals surface area (Å²) in [6.45, 7) is 4.71. The van der Waals surface area contributed by atoms with Gasteiger partial charge in [-0.1, -0.05) is 12.1 Å². The normalized spacial score (nSPS) is 14.0. The first-order chi connectivity index (χ1) is 12.0. The lowest BCUT2D eigenvalue weighted by Gasteiger charge is -2.23. The number of rotatable bonds is 4. The number of ketones is 1. The standard InChI is InChI=1S/C19H22N2O3S/c1-12-17(19(23)24-3)13(2)20-18(12)15(22)11-21-9-6-10-25-16-8-5-4-7-14(16)21/h4-5,7-8,20H,6,9-11H2,1-3H3. The van der Waals surface area contributed by atoms with Crippen molar-refractivity contribution in [2.45, 2.75) is 25.2 Å². The largest absolute Gasteiger partial charge is 0.465 e. The first-order valence-electron chi connectivity index (χ1n) is 8.30. The number of aryl methyl sites for hydroxylation is 1. The molecule has 2 aromatic rings. The molecule has 25 heavy (non-hydrogen) atoms. The average Bonchev–Trinajstić information content (AvgIpc) is 2.79. The zero-order chi connectivity index (χ0) is 18.0. The molecule has 1 aromatic heterocycles. The molecule has 5 nitrogen and oxygen atoms in total. The van der Waals surface area contributed by atoms with Crippen LogP contribution >= 0.6 is 11.8 Å². The minimum absolute atomic E-state index is 0.0162. The van der Waals surface area contributed by atoms with E-state index in [4.69, 9.17) is 4.74 Å². The number of benzene rings is 1. The topological polar surface area (TPSA) is 62.4 Å². The van der Waals surface area contributed by atoms with Gasteiger partial charge >= 0.3 is 5.97 Å². The van der Waals surface area contributed by atoms with E-state index in [0.717, 1.165) is 24.4 Å². The molecule has 1 N–H and O–H groups in total. The highest BCUT2D eigenvalue weighted by atomic mass is 32.2. The molecule has 0 amide bonds. The van der Waals surface area contributed by atoms with Crippen LogP contribution < -0.4 is 4.90 Å². The van der Waals surface area contributed by atoms with Crippen LogP contribution in [0.25, 0.3) is 0 Å². The molecule has 1 aliphatic heterocycles. The lowest BCUT2D eigenvalue weighted by Crippen LogP contribution is -2.31. The van der Waals surface area contributed by atoms with Crippen LogP contribution in [-0.2, 0) is 4.74 Å². The van der Waals surface area contributed by atoms with Gasteiger partial charge in [0.2, 0.25) is 0 Å². The second-order valence-corrected chi connectivity index (χ2v) is 7.27. The quantitative estimate of drug-likeness (QED) is 0.668. The molecule has 0 saturated carbocycles. The number of ether oxygens (including phenoxy) is 1. The maximum absolute atomic E-state index is 12.9. The molecule has 3 rings (SSSR count). The number of anilines is 1. The van der Waals surface area contributed by atoms with Crippen molar-refractivity contribution < 1.29 is 14.3 Å². The van der Waals surface area contributed by atoms with Crippen LogP contribution in [0.15, 0.2) is 29.2 Å². The third-order valence-corrected chi connectivity index (χ3v) is 5.63. The Bertz CT molecular complexity index is 813. The fourth-order valence-corrected chi connectivity index (χ4v) is 4.27. The fourth-order valence-electron chi connectivity index (χ4n) is 3.25. The third kappa shape index (κ3) is 3.44. The SMILES string of the molecule is COC(=O)c1c(C)[nH]c(C(=O)CN2CCCSc3ccccc32)c1C. The van der Waals surface area contributed by atoms with Gasteiger partial charge in [0, 0.05) is 17.1 Å². The Morgan fingerprint density at radius 2 is 2.04 bits per heavy atom. The third-order valence-electron chi connectivity index (χ3n) is 4.48. The van der Waals surface area contributed by atoms with Crippen molar-refractivity contribution in [2.24, 2.45) is 0 Å². The number of aromatic nitrogens is 1. The highest BCUT2D eigenvalue weighted by Crippen LogP contribution is 2.33. The maximum atomic E-state index is 12.9. The number of carbonyl (C=O) groups is 2. The Labute approximate surface area is 151 Å². The number of H-pyrrole nitrogens is 1. The highest BCUT2D eigenvalue weighted by molar-refractivity contribution is 7.99. The number of esters is 1. The maximum Gasteiger partial charge on any atom is 0.339 e. The van der Waals surface area contributed by atoms with Gasteiger partial charge in [0.05, 0.1) is 30.6 Å². The number of hydrogen-bond acceptors (Lipinski definition) is 5. The monoisotopic (exact) mass is 358 g/mol. The van der Waals surface area contributed by atoms with E-state index >= 15 is 0 Å². The molecule has 0 aliphatic carbocycles. The number of Topliss-reactive ketones (excluding diaryl/α,β-unsaturated/α-hetero) is 1. The lowest BCUT2D eigenvalue weighted by molar-refractivity contribution is 0.0599. The Morgan fingerprint density at radius 1 is 1.28 bits per heavy atom. The van der Waals surface area contributed by atoms with E-state index in [2.05, 4.69) is 22.0 Å². The summed E-state index contributed by atoms with van der Waals surface area (Å²) in [5.41, 5.74) is 3.38. The summed E-state index contributed by atoms with van der Waals surface area (Å²) in [4.78, 5) is 31.2. The van der Waals surface area contributed by atoms with E-state index in [1.807, 2.05) is 23.9 Å². The minimum Gasteiger partial charge on any atom is -0.465 e. The second-order valence-electron chi connectivity index (χ2n) is 6.13. The van der Waals surface area contributed by atoms with E-state index in [9.17, 15) is 9.59 Å². The molecule has 0 bridgehead atoms. The van der Waals surface area contributed by atoms with Gasteiger partial charge in [-0.2, -0.15) is 0 Å². The lowest BCUT2D eigenvalue weighted by atomic mass is 10.1. The number of hydrogen-bond donors (Lipinski definition) is 1. The fraction of sp³-hybridized carbons (Fsp3) is 0.368. The second kappa shape index (κ2) is 7.35. The Kier molecular flexibility index (Phi) is 5.18. The summed E-state index contributed by atoms with van der Waals surface area (Å²) in [5.74, 6) is 0.619.